The second-order valence-electron chi connectivity index (χ2n) is 3.65. The molecule has 2 aromatic rings. The molecule has 2 rings (SSSR count). The Kier molecular flexibility index (Phi) is 3.68. The van der Waals surface area contributed by atoms with E-state index in [0.717, 1.165) is 22.6 Å². The topological polar surface area (TPSA) is 73.1 Å². The monoisotopic (exact) mass is 250 g/mol. The van der Waals surface area contributed by atoms with E-state index in [1.807, 2.05) is 25.1 Å². The first kappa shape index (κ1) is 12.0. The lowest BCUT2D eigenvalue weighted by atomic mass is 9.99. The number of methoxy groups -OCH3 is 1. The number of nitrogens with one attached hydrogen (secondary N) is 1. The van der Waals surface area contributed by atoms with Crippen LogP contribution in [0.5, 0.6) is 5.75 Å². The largest absolute Gasteiger partial charge is 0.497 e. The number of aryl methyl sites for hydroxylation is 1. The van der Waals surface area contributed by atoms with Gasteiger partial charge in [-0.1, -0.05) is 6.07 Å². The van der Waals surface area contributed by atoms with E-state index in [9.17, 15) is 0 Å². The molecule has 0 bridgehead atoms. The van der Waals surface area contributed by atoms with E-state index < -0.39 is 0 Å². The van der Waals surface area contributed by atoms with Gasteiger partial charge in [0.15, 0.2) is 0 Å². The van der Waals surface area contributed by atoms with Gasteiger partial charge in [-0.2, -0.15) is 8.75 Å². The maximum absolute atomic E-state index is 5.59. The summed E-state index contributed by atoms with van der Waals surface area (Å²) in [7, 11) is 1.65. The lowest BCUT2D eigenvalue weighted by Crippen LogP contribution is -2.29. The normalized spacial score (nSPS) is 12.4. The van der Waals surface area contributed by atoms with Crippen LogP contribution in [0.15, 0.2) is 24.4 Å². The number of benzene rings is 1. The molecule has 0 amide bonds. The van der Waals surface area contributed by atoms with Crippen molar-refractivity contribution in [2.45, 2.75) is 13.0 Å². The van der Waals surface area contributed by atoms with Crippen LogP contribution in [0.25, 0.3) is 0 Å². The Bertz CT molecular complexity index is 486. The highest BCUT2D eigenvalue weighted by atomic mass is 32.1. The third-order valence-corrected chi connectivity index (χ3v) is 3.12. The number of ether oxygens (including phenoxy) is 1. The molecule has 0 saturated heterocycles. The summed E-state index contributed by atoms with van der Waals surface area (Å²) >= 11 is 1.17. The summed E-state index contributed by atoms with van der Waals surface area (Å²) in [4.78, 5) is 0. The van der Waals surface area contributed by atoms with Gasteiger partial charge in [-0.25, -0.2) is 5.43 Å². The van der Waals surface area contributed by atoms with E-state index in [1.165, 1.54) is 11.7 Å². The second-order valence-corrected chi connectivity index (χ2v) is 4.21. The third kappa shape index (κ3) is 2.44. The molecule has 6 heteroatoms. The molecule has 3 N–H and O–H groups in total. The van der Waals surface area contributed by atoms with E-state index in [4.69, 9.17) is 10.6 Å². The zero-order valence-corrected chi connectivity index (χ0v) is 10.5. The molecule has 1 aromatic heterocycles. The summed E-state index contributed by atoms with van der Waals surface area (Å²) in [6.45, 7) is 2.02. The van der Waals surface area contributed by atoms with E-state index >= 15 is 0 Å². The quantitative estimate of drug-likeness (QED) is 0.634. The van der Waals surface area contributed by atoms with Gasteiger partial charge in [0.05, 0.1) is 36.8 Å². The third-order valence-electron chi connectivity index (χ3n) is 2.63. The first-order chi connectivity index (χ1) is 8.26. The van der Waals surface area contributed by atoms with Crippen LogP contribution in [0.3, 0.4) is 0 Å². The molecule has 90 valence electrons. The highest BCUT2D eigenvalue weighted by Gasteiger charge is 2.17. The Morgan fingerprint density at radius 3 is 2.82 bits per heavy atom. The molecule has 0 fully saturated rings. The van der Waals surface area contributed by atoms with Gasteiger partial charge in [0, 0.05) is 0 Å². The summed E-state index contributed by atoms with van der Waals surface area (Å²) in [6.07, 6.45) is 1.72. The summed E-state index contributed by atoms with van der Waals surface area (Å²) in [6, 6.07) is 5.73. The standard InChI is InChI=1S/C11H14N4OS/c1-7-5-8(16-2)3-4-9(7)11(14-12)10-6-13-17-15-10/h3-6,11,14H,12H2,1-2H3. The van der Waals surface area contributed by atoms with E-state index in [-0.39, 0.29) is 6.04 Å². The first-order valence-electron chi connectivity index (χ1n) is 5.14. The van der Waals surface area contributed by atoms with Gasteiger partial charge >= 0.3 is 0 Å². The van der Waals surface area contributed by atoms with E-state index in [1.54, 1.807) is 13.3 Å². The molecule has 17 heavy (non-hydrogen) atoms. The number of nitrogens with two attached hydrogens (primary N) is 1. The van der Waals surface area contributed by atoms with Crippen molar-refractivity contribution in [3.8, 4) is 5.75 Å². The highest BCUT2D eigenvalue weighted by Crippen LogP contribution is 2.26. The molecule has 5 nitrogen and oxygen atoms in total. The number of hydrogen-bond donors (Lipinski definition) is 2. The average Bonchev–Trinajstić information content (AvgIpc) is 2.85. The number of hydrogen-bond acceptors (Lipinski definition) is 6. The molecule has 0 aliphatic carbocycles. The highest BCUT2D eigenvalue weighted by molar-refractivity contribution is 6.99. The van der Waals surface area contributed by atoms with Gasteiger partial charge < -0.3 is 4.74 Å². The molecule has 1 aromatic carbocycles. The second kappa shape index (κ2) is 5.22. The minimum Gasteiger partial charge on any atom is -0.497 e. The van der Waals surface area contributed by atoms with Crippen molar-refractivity contribution in [1.82, 2.24) is 14.2 Å². The Hall–Kier alpha value is -1.50. The Morgan fingerprint density at radius 1 is 1.47 bits per heavy atom. The van der Waals surface area contributed by atoms with Crippen LogP contribution in [-0.4, -0.2) is 15.9 Å². The Balaban J connectivity index is 2.38. The molecular formula is C11H14N4OS. The van der Waals surface area contributed by atoms with Gasteiger partial charge in [0.1, 0.15) is 5.75 Å². The van der Waals surface area contributed by atoms with Crippen LogP contribution in [-0.2, 0) is 0 Å². The molecular weight excluding hydrogens is 236 g/mol. The number of hydrazine groups is 1. The fraction of sp³-hybridized carbons (Fsp3) is 0.273. The Morgan fingerprint density at radius 2 is 2.29 bits per heavy atom. The van der Waals surface area contributed by atoms with Gasteiger partial charge in [0.2, 0.25) is 0 Å². The van der Waals surface area contributed by atoms with Gasteiger partial charge in [-0.15, -0.1) is 0 Å². The van der Waals surface area contributed by atoms with Crippen LogP contribution in [0.2, 0.25) is 0 Å². The maximum atomic E-state index is 5.59. The predicted octanol–water partition coefficient (Wildman–Crippen LogP) is 1.41. The average molecular weight is 250 g/mol. The molecule has 0 aliphatic rings. The number of aromatic nitrogens is 2. The zero-order chi connectivity index (χ0) is 12.3. The minimum absolute atomic E-state index is 0.139. The number of rotatable bonds is 4. The summed E-state index contributed by atoms with van der Waals surface area (Å²) in [5.41, 5.74) is 5.76. The van der Waals surface area contributed by atoms with Crippen molar-refractivity contribution in [3.05, 3.63) is 41.2 Å². The zero-order valence-electron chi connectivity index (χ0n) is 9.68. The summed E-state index contributed by atoms with van der Waals surface area (Å²) in [5, 5.41) is 0. The first-order valence-corrected chi connectivity index (χ1v) is 5.87. The van der Waals surface area contributed by atoms with Gasteiger partial charge in [0.25, 0.3) is 0 Å². The molecule has 0 radical (unpaired) electrons. The minimum atomic E-state index is -0.139. The lowest BCUT2D eigenvalue weighted by molar-refractivity contribution is 0.414. The number of nitrogens with zero attached hydrogens (tertiary/aromatic N) is 2. The van der Waals surface area contributed by atoms with Crippen molar-refractivity contribution in [2.24, 2.45) is 5.84 Å². The van der Waals surface area contributed by atoms with Crippen LogP contribution in [0.4, 0.5) is 0 Å². The maximum Gasteiger partial charge on any atom is 0.119 e. The molecule has 1 heterocycles. The summed E-state index contributed by atoms with van der Waals surface area (Å²) in [5.74, 6) is 6.42. The Labute approximate surface area is 104 Å². The molecule has 1 unspecified atom stereocenters. The molecule has 0 aliphatic heterocycles. The van der Waals surface area contributed by atoms with E-state index in [0.29, 0.717) is 0 Å². The fourth-order valence-electron chi connectivity index (χ4n) is 1.73. The van der Waals surface area contributed by atoms with Crippen LogP contribution in [0, 0.1) is 6.92 Å². The van der Waals surface area contributed by atoms with Crippen molar-refractivity contribution in [2.75, 3.05) is 7.11 Å². The van der Waals surface area contributed by atoms with Gasteiger partial charge in [-0.3, -0.25) is 5.84 Å². The van der Waals surface area contributed by atoms with Crippen molar-refractivity contribution in [3.63, 3.8) is 0 Å². The molecule has 0 saturated carbocycles. The van der Waals surface area contributed by atoms with Crippen LogP contribution >= 0.6 is 11.7 Å². The molecule has 1 atom stereocenters. The van der Waals surface area contributed by atoms with Crippen LogP contribution in [0.1, 0.15) is 22.9 Å². The lowest BCUT2D eigenvalue weighted by Gasteiger charge is -2.16. The van der Waals surface area contributed by atoms with Gasteiger partial charge in [-0.05, 0) is 30.2 Å². The van der Waals surface area contributed by atoms with Crippen molar-refractivity contribution < 1.29 is 4.74 Å². The predicted molar refractivity (Wildman–Crippen MR) is 66.8 cm³/mol. The van der Waals surface area contributed by atoms with E-state index in [2.05, 4.69) is 14.2 Å². The smallest absolute Gasteiger partial charge is 0.119 e. The van der Waals surface area contributed by atoms with Crippen molar-refractivity contribution >= 4 is 11.7 Å². The fourth-order valence-corrected chi connectivity index (χ4v) is 2.18. The summed E-state index contributed by atoms with van der Waals surface area (Å²) < 4.78 is 13.4. The SMILES string of the molecule is COc1ccc(C(NN)c2cnsn2)c(C)c1. The van der Waals surface area contributed by atoms with Crippen molar-refractivity contribution in [1.29, 1.82) is 0 Å². The molecule has 0 spiro atoms. The van der Waals surface area contributed by atoms with Crippen LogP contribution < -0.4 is 16.0 Å².